The zero-order valence-corrected chi connectivity index (χ0v) is 16.4. The summed E-state index contributed by atoms with van der Waals surface area (Å²) in [7, 11) is 2.73. The quantitative estimate of drug-likeness (QED) is 0.440. The van der Waals surface area contributed by atoms with Crippen molar-refractivity contribution in [2.75, 3.05) is 21.3 Å². The van der Waals surface area contributed by atoms with E-state index in [9.17, 15) is 0 Å². The summed E-state index contributed by atoms with van der Waals surface area (Å²) >= 11 is 0. The summed E-state index contributed by atoms with van der Waals surface area (Å²) in [6.45, 7) is 4.52. The Bertz CT molecular complexity index is 146. The van der Waals surface area contributed by atoms with Crippen LogP contribution in [0.3, 0.4) is 0 Å². The third-order valence-electron chi connectivity index (χ3n) is 2.70. The molecule has 0 aliphatic carbocycles. The minimum atomic E-state index is -2.29. The smallest absolute Gasteiger partial charge is 0.870 e. The maximum absolute atomic E-state index is 5.36. The second-order valence-corrected chi connectivity index (χ2v) is 7.38. The molecule has 0 heterocycles. The van der Waals surface area contributed by atoms with Crippen LogP contribution < -0.4 is 51.4 Å². The van der Waals surface area contributed by atoms with Crippen LogP contribution in [-0.4, -0.2) is 35.6 Å². The Kier molecular flexibility index (Phi) is 19.7. The summed E-state index contributed by atoms with van der Waals surface area (Å²) in [6.07, 6.45) is 4.97. The maximum atomic E-state index is 5.36. The molecule has 0 rings (SSSR count). The van der Waals surface area contributed by atoms with Gasteiger partial charge in [-0.05, 0) is 12.3 Å². The largest absolute Gasteiger partial charge is 1.00 e. The Balaban J connectivity index is -0.000000980. The molecule has 0 aromatic heterocycles. The first-order valence-corrected chi connectivity index (χ1v) is 7.69. The summed E-state index contributed by atoms with van der Waals surface area (Å²) in [4.78, 5) is 0. The van der Waals surface area contributed by atoms with Gasteiger partial charge in [-0.3, -0.25) is 0 Å². The van der Waals surface area contributed by atoms with Gasteiger partial charge in [0.1, 0.15) is 0 Å². The third-order valence-corrected chi connectivity index (χ3v) is 5.53. The van der Waals surface area contributed by atoms with Crippen molar-refractivity contribution in [2.24, 2.45) is 5.92 Å². The molecule has 0 aromatic rings. The molecule has 0 atom stereocenters. The fourth-order valence-electron chi connectivity index (χ4n) is 1.63. The topological polar surface area (TPSA) is 57.7 Å². The summed E-state index contributed by atoms with van der Waals surface area (Å²) in [6, 6.07) is 0.925. The summed E-state index contributed by atoms with van der Waals surface area (Å²) in [5.41, 5.74) is 0. The van der Waals surface area contributed by atoms with Gasteiger partial charge in [0.25, 0.3) is 0 Å². The molecule has 100 valence electrons. The predicted octanol–water partition coefficient (Wildman–Crippen LogP) is -0.0919. The van der Waals surface area contributed by atoms with Crippen molar-refractivity contribution in [3.63, 3.8) is 0 Å². The van der Waals surface area contributed by atoms with Gasteiger partial charge in [0.05, 0.1) is 0 Å². The van der Waals surface area contributed by atoms with Crippen molar-refractivity contribution in [1.29, 1.82) is 0 Å². The van der Waals surface area contributed by atoms with Crippen molar-refractivity contribution < 1.29 is 70.1 Å². The van der Waals surface area contributed by atoms with Gasteiger partial charge >= 0.3 is 60.2 Å². The Morgan fingerprint density at radius 3 is 1.71 bits per heavy atom. The molecule has 0 aromatic carbocycles. The van der Waals surface area contributed by atoms with Crippen LogP contribution in [0.25, 0.3) is 0 Å². The molecule has 0 bridgehead atoms. The van der Waals surface area contributed by atoms with Crippen LogP contribution in [0, 0.1) is 5.92 Å². The van der Waals surface area contributed by atoms with E-state index in [2.05, 4.69) is 13.8 Å². The van der Waals surface area contributed by atoms with Crippen LogP contribution in [0.1, 0.15) is 39.5 Å². The monoisotopic (exact) mass is 290 g/mol. The van der Waals surface area contributed by atoms with E-state index in [0.717, 1.165) is 18.4 Å². The molecular weight excluding hydrogens is 263 g/mol. The van der Waals surface area contributed by atoms with Gasteiger partial charge < -0.3 is 18.8 Å². The van der Waals surface area contributed by atoms with Gasteiger partial charge in [-0.15, -0.1) is 0 Å². The van der Waals surface area contributed by atoms with Crippen molar-refractivity contribution in [3.05, 3.63) is 0 Å². The standard InChI is InChI=1S/C11H26O3Si.K.H2O/c1-11(2)9-7-6-8-10-15(12-3,13-4)14-5;;/h11H,6-10H2,1-5H3;;1H2/q;+1;/p-1. The van der Waals surface area contributed by atoms with E-state index in [4.69, 9.17) is 13.3 Å². The van der Waals surface area contributed by atoms with Gasteiger partial charge in [-0.2, -0.15) is 0 Å². The Morgan fingerprint density at radius 1 is 0.882 bits per heavy atom. The van der Waals surface area contributed by atoms with Gasteiger partial charge in [-0.1, -0.05) is 33.1 Å². The van der Waals surface area contributed by atoms with Gasteiger partial charge in [-0.25, -0.2) is 0 Å². The molecule has 0 fully saturated rings. The minimum Gasteiger partial charge on any atom is -0.870 e. The second-order valence-electron chi connectivity index (χ2n) is 4.29. The van der Waals surface area contributed by atoms with E-state index in [0.29, 0.717) is 0 Å². The molecule has 0 saturated carbocycles. The fraction of sp³-hybridized carbons (Fsp3) is 1.00. The molecule has 1 N–H and O–H groups in total. The van der Waals surface area contributed by atoms with Crippen LogP contribution in [0.2, 0.25) is 6.04 Å². The van der Waals surface area contributed by atoms with Crippen LogP contribution in [0.5, 0.6) is 0 Å². The molecule has 6 heteroatoms. The van der Waals surface area contributed by atoms with E-state index in [1.54, 1.807) is 21.3 Å². The number of hydrogen-bond acceptors (Lipinski definition) is 4. The predicted molar refractivity (Wildman–Crippen MR) is 66.8 cm³/mol. The van der Waals surface area contributed by atoms with Gasteiger partial charge in [0, 0.05) is 27.4 Å². The summed E-state index contributed by atoms with van der Waals surface area (Å²) in [5.74, 6) is 0.805. The zero-order valence-electron chi connectivity index (χ0n) is 12.3. The van der Waals surface area contributed by atoms with E-state index in [-0.39, 0.29) is 56.9 Å². The molecule has 0 spiro atoms. The van der Waals surface area contributed by atoms with Crippen molar-refractivity contribution in [3.8, 4) is 0 Å². The van der Waals surface area contributed by atoms with Crippen molar-refractivity contribution in [2.45, 2.75) is 45.6 Å². The molecule has 0 amide bonds. The van der Waals surface area contributed by atoms with Gasteiger partial charge in [0.15, 0.2) is 0 Å². The SMILES string of the molecule is CO[Si](CCCCCC(C)C)(OC)OC.[K+].[OH-]. The molecule has 4 nitrogen and oxygen atoms in total. The molecular formula is C11H27KO4Si. The van der Waals surface area contributed by atoms with Crippen LogP contribution >= 0.6 is 0 Å². The van der Waals surface area contributed by atoms with E-state index >= 15 is 0 Å². The van der Waals surface area contributed by atoms with E-state index in [1.165, 1.54) is 19.3 Å². The molecule has 0 radical (unpaired) electrons. The number of unbranched alkanes of at least 4 members (excludes halogenated alkanes) is 2. The first-order valence-electron chi connectivity index (χ1n) is 5.75. The Labute approximate surface area is 150 Å². The summed E-state index contributed by atoms with van der Waals surface area (Å²) < 4.78 is 16.1. The average Bonchev–Trinajstić information content (AvgIpc) is 2.24. The van der Waals surface area contributed by atoms with Crippen molar-refractivity contribution in [1.82, 2.24) is 0 Å². The first kappa shape index (κ1) is 23.8. The Hall–Kier alpha value is 1.69. The second kappa shape index (κ2) is 14.1. The molecule has 0 saturated heterocycles. The first-order chi connectivity index (χ1) is 7.10. The third kappa shape index (κ3) is 11.2. The minimum absolute atomic E-state index is 0. The number of hydrogen-bond donors (Lipinski definition) is 0. The average molecular weight is 291 g/mol. The molecule has 0 aliphatic heterocycles. The zero-order chi connectivity index (χ0) is 11.7. The maximum Gasteiger partial charge on any atom is 1.00 e. The van der Waals surface area contributed by atoms with E-state index in [1.807, 2.05) is 0 Å². The number of rotatable bonds is 9. The van der Waals surface area contributed by atoms with Gasteiger partial charge in [0.2, 0.25) is 0 Å². The van der Waals surface area contributed by atoms with Crippen LogP contribution in [0.4, 0.5) is 0 Å². The normalized spacial score (nSPS) is 10.9. The van der Waals surface area contributed by atoms with E-state index < -0.39 is 8.80 Å². The molecule has 17 heavy (non-hydrogen) atoms. The summed E-state index contributed by atoms with van der Waals surface area (Å²) in [5, 5.41) is 0. The Morgan fingerprint density at radius 2 is 1.35 bits per heavy atom. The molecule has 0 aliphatic rings. The van der Waals surface area contributed by atoms with Crippen molar-refractivity contribution >= 4 is 8.80 Å². The van der Waals surface area contributed by atoms with Crippen LogP contribution in [-0.2, 0) is 13.3 Å². The fourth-order valence-corrected chi connectivity index (χ4v) is 3.42. The molecule has 0 unspecified atom stereocenters. The van der Waals surface area contributed by atoms with Crippen LogP contribution in [0.15, 0.2) is 0 Å².